The van der Waals surface area contributed by atoms with Gasteiger partial charge >= 0.3 is 0 Å². The van der Waals surface area contributed by atoms with Crippen LogP contribution in [0.25, 0.3) is 0 Å². The minimum Gasteiger partial charge on any atom is -0.364 e. The molecule has 0 spiro atoms. The van der Waals surface area contributed by atoms with Crippen molar-refractivity contribution in [3.05, 3.63) is 58.9 Å². The van der Waals surface area contributed by atoms with E-state index in [9.17, 15) is 9.59 Å². The Hall–Kier alpha value is -3.46. The summed E-state index contributed by atoms with van der Waals surface area (Å²) >= 11 is 0. The highest BCUT2D eigenvalue weighted by Gasteiger charge is 2.31. The van der Waals surface area contributed by atoms with Crippen LogP contribution in [0, 0.1) is 0 Å². The number of likely N-dealkylation sites (N-methyl/N-ethyl adjacent to an activating group) is 1. The largest absolute Gasteiger partial charge is 0.364 e. The Morgan fingerprint density at radius 2 is 1.92 bits per heavy atom. The fourth-order valence-corrected chi connectivity index (χ4v) is 5.23. The molecule has 2 aliphatic heterocycles. The number of hydrogen-bond donors (Lipinski definition) is 3. The molecule has 3 aliphatic rings. The van der Waals surface area contributed by atoms with E-state index in [1.54, 1.807) is 6.20 Å². The van der Waals surface area contributed by atoms with Gasteiger partial charge in [0.2, 0.25) is 0 Å². The van der Waals surface area contributed by atoms with Crippen LogP contribution in [0.5, 0.6) is 0 Å². The van der Waals surface area contributed by atoms with Gasteiger partial charge in [-0.25, -0.2) is 9.97 Å². The Morgan fingerprint density at radius 3 is 2.59 bits per heavy atom. The van der Waals surface area contributed by atoms with E-state index in [1.807, 2.05) is 12.1 Å². The van der Waals surface area contributed by atoms with Crippen molar-refractivity contribution in [2.45, 2.75) is 57.0 Å². The number of nitrogens with zero attached hydrogens (tertiary/aromatic N) is 4. The molecule has 2 fully saturated rings. The average molecular weight is 504 g/mol. The maximum Gasteiger partial charge on any atom is 0.271 e. The maximum absolute atomic E-state index is 13.0. The van der Waals surface area contributed by atoms with Gasteiger partial charge in [-0.3, -0.25) is 9.59 Å². The Balaban J connectivity index is 1.27. The van der Waals surface area contributed by atoms with Crippen molar-refractivity contribution in [2.75, 3.05) is 43.4 Å². The predicted octanol–water partition coefficient (Wildman–Crippen LogP) is 2.91. The van der Waals surface area contributed by atoms with Gasteiger partial charge in [0, 0.05) is 43.8 Å². The molecular formula is C28H37N7O2. The van der Waals surface area contributed by atoms with Crippen LogP contribution in [0.15, 0.2) is 42.1 Å². The van der Waals surface area contributed by atoms with Crippen LogP contribution in [0.1, 0.15) is 71.4 Å². The van der Waals surface area contributed by atoms with E-state index in [0.717, 1.165) is 38.9 Å². The highest BCUT2D eigenvalue weighted by atomic mass is 16.2. The number of piperidine rings is 1. The summed E-state index contributed by atoms with van der Waals surface area (Å²) in [6, 6.07) is 8.01. The third kappa shape index (κ3) is 5.93. The van der Waals surface area contributed by atoms with Gasteiger partial charge in [0.1, 0.15) is 5.82 Å². The molecule has 2 atom stereocenters. The predicted molar refractivity (Wildman–Crippen MR) is 145 cm³/mol. The number of carbonyl (C=O) groups is 2. The van der Waals surface area contributed by atoms with Gasteiger partial charge in [-0.05, 0) is 69.7 Å². The first-order valence-corrected chi connectivity index (χ1v) is 13.3. The zero-order chi connectivity index (χ0) is 25.9. The lowest BCUT2D eigenvalue weighted by Gasteiger charge is -2.40. The summed E-state index contributed by atoms with van der Waals surface area (Å²) < 4.78 is 0. The molecule has 0 unspecified atom stereocenters. The number of aromatic nitrogens is 2. The second-order valence-corrected chi connectivity index (χ2v) is 10.6. The Labute approximate surface area is 218 Å². The molecule has 5 rings (SSSR count). The van der Waals surface area contributed by atoms with E-state index in [2.05, 4.69) is 57.6 Å². The fourth-order valence-electron chi connectivity index (χ4n) is 5.23. The number of carbonyl (C=O) groups excluding carboxylic acids is 2. The molecule has 0 radical (unpaired) electrons. The first kappa shape index (κ1) is 25.2. The van der Waals surface area contributed by atoms with Crippen LogP contribution in [-0.4, -0.2) is 72.0 Å². The molecule has 1 aromatic heterocycles. The summed E-state index contributed by atoms with van der Waals surface area (Å²) in [6.07, 6.45) is 9.08. The van der Waals surface area contributed by atoms with Crippen LogP contribution in [-0.2, 0) is 0 Å². The van der Waals surface area contributed by atoms with Crippen LogP contribution in [0.4, 0.5) is 11.6 Å². The van der Waals surface area contributed by atoms with Crippen LogP contribution in [0.2, 0.25) is 0 Å². The van der Waals surface area contributed by atoms with E-state index in [4.69, 9.17) is 10.7 Å². The molecule has 4 N–H and O–H groups in total. The van der Waals surface area contributed by atoms with E-state index in [0.29, 0.717) is 29.7 Å². The van der Waals surface area contributed by atoms with Gasteiger partial charge in [0.15, 0.2) is 11.5 Å². The van der Waals surface area contributed by atoms with Gasteiger partial charge in [-0.2, -0.15) is 0 Å². The van der Waals surface area contributed by atoms with Crippen molar-refractivity contribution in [1.29, 1.82) is 0 Å². The zero-order valence-corrected chi connectivity index (χ0v) is 21.7. The van der Waals surface area contributed by atoms with E-state index < -0.39 is 5.91 Å². The molecule has 9 heteroatoms. The standard InChI is InChI=1S/C28H37N7O2/c1-18-23(32-28(37)22-9-7-21(8-10-22)20-5-6-20)4-3-13-35(18)24-17-30-25(26(29)36)27(33-24)31-16-19-11-14-34(2)15-12-19/h7-11,17-18,20,23H,3-6,12-16H2,1-2H3,(H2,29,36)(H,31,33)(H,32,37)/t18-,23-/m1/s1. The zero-order valence-electron chi connectivity index (χ0n) is 21.7. The van der Waals surface area contributed by atoms with Crippen molar-refractivity contribution >= 4 is 23.5 Å². The van der Waals surface area contributed by atoms with Crippen molar-refractivity contribution in [1.82, 2.24) is 20.2 Å². The van der Waals surface area contributed by atoms with Gasteiger partial charge in [-0.15, -0.1) is 0 Å². The second-order valence-electron chi connectivity index (χ2n) is 10.6. The number of nitrogens with one attached hydrogen (secondary N) is 2. The molecule has 196 valence electrons. The topological polar surface area (TPSA) is 116 Å². The first-order chi connectivity index (χ1) is 17.9. The highest BCUT2D eigenvalue weighted by molar-refractivity contribution is 5.96. The highest BCUT2D eigenvalue weighted by Crippen LogP contribution is 2.39. The number of anilines is 2. The van der Waals surface area contributed by atoms with Gasteiger partial charge < -0.3 is 26.2 Å². The number of benzene rings is 1. The molecule has 3 heterocycles. The summed E-state index contributed by atoms with van der Waals surface area (Å²) in [7, 11) is 2.10. The van der Waals surface area contributed by atoms with Crippen molar-refractivity contribution < 1.29 is 9.59 Å². The third-order valence-corrected chi connectivity index (χ3v) is 7.80. The lowest BCUT2D eigenvalue weighted by Crippen LogP contribution is -2.54. The fraction of sp³-hybridized carbons (Fsp3) is 0.500. The van der Waals surface area contributed by atoms with Crippen LogP contribution < -0.4 is 21.3 Å². The molecule has 1 saturated carbocycles. The summed E-state index contributed by atoms with van der Waals surface area (Å²) in [6.45, 7) is 5.41. The lowest BCUT2D eigenvalue weighted by molar-refractivity contribution is 0.0923. The average Bonchev–Trinajstić information content (AvgIpc) is 3.75. The smallest absolute Gasteiger partial charge is 0.271 e. The van der Waals surface area contributed by atoms with Gasteiger partial charge in [-0.1, -0.05) is 23.8 Å². The summed E-state index contributed by atoms with van der Waals surface area (Å²) in [5.41, 5.74) is 9.02. The minimum atomic E-state index is -0.608. The lowest BCUT2D eigenvalue weighted by atomic mass is 9.97. The van der Waals surface area contributed by atoms with Crippen LogP contribution in [0.3, 0.4) is 0 Å². The molecule has 1 aromatic carbocycles. The Bertz CT molecular complexity index is 1180. The molecular weight excluding hydrogens is 466 g/mol. The second kappa shape index (κ2) is 10.9. The number of hydrogen-bond acceptors (Lipinski definition) is 7. The summed E-state index contributed by atoms with van der Waals surface area (Å²) in [4.78, 5) is 38.6. The minimum absolute atomic E-state index is 0.0154. The number of amides is 2. The summed E-state index contributed by atoms with van der Waals surface area (Å²) in [5.74, 6) is 1.09. The van der Waals surface area contributed by atoms with E-state index >= 15 is 0 Å². The molecule has 1 aliphatic carbocycles. The van der Waals surface area contributed by atoms with Crippen molar-refractivity contribution in [2.24, 2.45) is 5.73 Å². The maximum atomic E-state index is 13.0. The normalized spacial score (nSPS) is 22.3. The first-order valence-electron chi connectivity index (χ1n) is 13.3. The number of nitrogens with two attached hydrogens (primary N) is 1. The number of primary amides is 1. The van der Waals surface area contributed by atoms with Crippen molar-refractivity contribution in [3.8, 4) is 0 Å². The molecule has 9 nitrogen and oxygen atoms in total. The third-order valence-electron chi connectivity index (χ3n) is 7.80. The van der Waals surface area contributed by atoms with Gasteiger partial charge in [0.25, 0.3) is 11.8 Å². The molecule has 2 amide bonds. The monoisotopic (exact) mass is 503 g/mol. The summed E-state index contributed by atoms with van der Waals surface area (Å²) in [5, 5.41) is 6.53. The Kier molecular flexibility index (Phi) is 7.41. The van der Waals surface area contributed by atoms with Crippen LogP contribution >= 0.6 is 0 Å². The molecule has 37 heavy (non-hydrogen) atoms. The molecule has 2 aromatic rings. The molecule has 1 saturated heterocycles. The Morgan fingerprint density at radius 1 is 1.14 bits per heavy atom. The number of rotatable bonds is 8. The molecule has 0 bridgehead atoms. The quantitative estimate of drug-likeness (QED) is 0.474. The SMILES string of the molecule is C[C@@H]1[C@H](NC(=O)c2ccc(C3CC3)cc2)CCCN1c1cnc(C(N)=O)c(NCC2=CCN(C)CC2)n1. The van der Waals surface area contributed by atoms with E-state index in [1.165, 1.54) is 24.0 Å². The van der Waals surface area contributed by atoms with Crippen molar-refractivity contribution in [3.63, 3.8) is 0 Å². The van der Waals surface area contributed by atoms with E-state index in [-0.39, 0.29) is 23.7 Å². The van der Waals surface area contributed by atoms with Gasteiger partial charge in [0.05, 0.1) is 6.20 Å².